The number of carbonyl (C=O) groups is 1. The zero-order valence-electron chi connectivity index (χ0n) is 15.3. The molecule has 0 amide bonds. The Morgan fingerprint density at radius 3 is 2.30 bits per heavy atom. The van der Waals surface area contributed by atoms with Crippen LogP contribution in [0.15, 0.2) is 60.7 Å². The molecule has 1 N–H and O–H groups in total. The Morgan fingerprint density at radius 2 is 1.63 bits per heavy atom. The summed E-state index contributed by atoms with van der Waals surface area (Å²) in [5.41, 5.74) is 3.53. The number of aryl methyl sites for hydroxylation is 3. The third kappa shape index (κ3) is 4.40. The molecule has 3 nitrogen and oxygen atoms in total. The van der Waals surface area contributed by atoms with Crippen LogP contribution in [0.5, 0.6) is 0 Å². The summed E-state index contributed by atoms with van der Waals surface area (Å²) in [5.74, 6) is -1.41. The number of aromatic nitrogens is 1. The van der Waals surface area contributed by atoms with E-state index in [1.165, 1.54) is 6.07 Å². The van der Waals surface area contributed by atoms with E-state index in [0.717, 1.165) is 17.7 Å². The number of carboxylic acids is 1. The van der Waals surface area contributed by atoms with Crippen molar-refractivity contribution in [3.05, 3.63) is 89.0 Å². The van der Waals surface area contributed by atoms with Gasteiger partial charge in [-0.05, 0) is 37.0 Å². The average Bonchev–Trinajstić information content (AvgIpc) is 2.68. The van der Waals surface area contributed by atoms with Crippen molar-refractivity contribution in [1.82, 2.24) is 4.98 Å². The minimum atomic E-state index is -1.04. The highest BCUT2D eigenvalue weighted by atomic mass is 19.1. The third-order valence-corrected chi connectivity index (χ3v) is 4.55. The molecule has 0 saturated heterocycles. The highest BCUT2D eigenvalue weighted by Gasteiger charge is 2.19. The van der Waals surface area contributed by atoms with Crippen molar-refractivity contribution < 1.29 is 14.3 Å². The Balaban J connectivity index is 2.04. The minimum Gasteiger partial charge on any atom is -0.478 e. The van der Waals surface area contributed by atoms with Crippen molar-refractivity contribution in [1.29, 1.82) is 0 Å². The molecule has 0 aliphatic heterocycles. The minimum absolute atomic E-state index is 0.143. The van der Waals surface area contributed by atoms with E-state index in [9.17, 15) is 14.3 Å². The van der Waals surface area contributed by atoms with E-state index in [4.69, 9.17) is 0 Å². The largest absolute Gasteiger partial charge is 0.478 e. The van der Waals surface area contributed by atoms with Gasteiger partial charge in [0.25, 0.3) is 0 Å². The van der Waals surface area contributed by atoms with Gasteiger partial charge < -0.3 is 5.11 Å². The molecule has 0 bridgehead atoms. The fraction of sp³-hybridized carbons (Fsp3) is 0.217. The summed E-state index contributed by atoms with van der Waals surface area (Å²) >= 11 is 0. The van der Waals surface area contributed by atoms with Crippen LogP contribution in [0, 0.1) is 5.82 Å². The summed E-state index contributed by atoms with van der Waals surface area (Å²) in [6.45, 7) is 2.03. The van der Waals surface area contributed by atoms with Crippen LogP contribution in [-0.4, -0.2) is 16.1 Å². The smallest absolute Gasteiger partial charge is 0.337 e. The highest BCUT2D eigenvalue weighted by Crippen LogP contribution is 2.29. The lowest BCUT2D eigenvalue weighted by atomic mass is 9.96. The maximum absolute atomic E-state index is 14.3. The second-order valence-corrected chi connectivity index (χ2v) is 6.50. The predicted molar refractivity (Wildman–Crippen MR) is 104 cm³/mol. The van der Waals surface area contributed by atoms with Crippen molar-refractivity contribution in [2.45, 2.75) is 32.6 Å². The number of hydrogen-bond donors (Lipinski definition) is 1. The number of rotatable bonds is 7. The maximum Gasteiger partial charge on any atom is 0.337 e. The van der Waals surface area contributed by atoms with Crippen LogP contribution in [0.25, 0.3) is 11.1 Å². The normalized spacial score (nSPS) is 10.7. The standard InChI is InChI=1S/C23H22FNO2/c1-2-8-21-18(17-11-6-7-12-20(17)24)15-19(23(26)27)22(25-21)14-13-16-9-4-3-5-10-16/h3-7,9-12,15H,2,8,13-14H2,1H3,(H,26,27). The summed E-state index contributed by atoms with van der Waals surface area (Å²) in [6.07, 6.45) is 2.75. The number of hydrogen-bond acceptors (Lipinski definition) is 2. The van der Waals surface area contributed by atoms with E-state index >= 15 is 0 Å². The molecule has 4 heteroatoms. The van der Waals surface area contributed by atoms with Gasteiger partial charge in [0.2, 0.25) is 0 Å². The van der Waals surface area contributed by atoms with E-state index in [1.807, 2.05) is 37.3 Å². The maximum atomic E-state index is 14.3. The molecule has 3 aromatic rings. The van der Waals surface area contributed by atoms with Gasteiger partial charge in [0, 0.05) is 16.8 Å². The summed E-state index contributed by atoms with van der Waals surface area (Å²) in [6, 6.07) is 17.9. The van der Waals surface area contributed by atoms with E-state index in [2.05, 4.69) is 4.98 Å². The van der Waals surface area contributed by atoms with Gasteiger partial charge in [-0.3, -0.25) is 4.98 Å². The van der Waals surface area contributed by atoms with Gasteiger partial charge in [-0.25, -0.2) is 9.18 Å². The Morgan fingerprint density at radius 1 is 0.926 bits per heavy atom. The van der Waals surface area contributed by atoms with Crippen LogP contribution in [0.4, 0.5) is 4.39 Å². The Labute approximate surface area is 158 Å². The molecule has 0 spiro atoms. The van der Waals surface area contributed by atoms with E-state index in [-0.39, 0.29) is 11.4 Å². The number of benzene rings is 2. The average molecular weight is 363 g/mol. The molecule has 0 saturated carbocycles. The summed E-state index contributed by atoms with van der Waals surface area (Å²) in [5, 5.41) is 9.69. The second-order valence-electron chi connectivity index (χ2n) is 6.50. The van der Waals surface area contributed by atoms with Gasteiger partial charge in [-0.2, -0.15) is 0 Å². The molecular formula is C23H22FNO2. The van der Waals surface area contributed by atoms with E-state index in [1.54, 1.807) is 24.3 Å². The molecule has 1 heterocycles. The van der Waals surface area contributed by atoms with E-state index in [0.29, 0.717) is 36.1 Å². The lowest BCUT2D eigenvalue weighted by Crippen LogP contribution is -2.10. The second kappa shape index (κ2) is 8.58. The van der Waals surface area contributed by atoms with Crippen molar-refractivity contribution >= 4 is 5.97 Å². The fourth-order valence-electron chi connectivity index (χ4n) is 3.22. The van der Waals surface area contributed by atoms with Crippen LogP contribution in [0.1, 0.15) is 40.7 Å². The van der Waals surface area contributed by atoms with Crippen LogP contribution in [0.3, 0.4) is 0 Å². The van der Waals surface area contributed by atoms with Gasteiger partial charge >= 0.3 is 5.97 Å². The van der Waals surface area contributed by atoms with Crippen LogP contribution in [-0.2, 0) is 19.3 Å². The van der Waals surface area contributed by atoms with Crippen molar-refractivity contribution in [3.8, 4) is 11.1 Å². The van der Waals surface area contributed by atoms with E-state index < -0.39 is 5.97 Å². The Bertz CT molecular complexity index is 938. The number of halogens is 1. The van der Waals surface area contributed by atoms with Crippen LogP contribution in [0.2, 0.25) is 0 Å². The lowest BCUT2D eigenvalue weighted by Gasteiger charge is -2.14. The predicted octanol–water partition coefficient (Wildman–Crippen LogP) is 5.32. The van der Waals surface area contributed by atoms with Crippen LogP contribution < -0.4 is 0 Å². The zero-order valence-corrected chi connectivity index (χ0v) is 15.3. The zero-order chi connectivity index (χ0) is 19.2. The number of aromatic carboxylic acids is 1. The molecular weight excluding hydrogens is 341 g/mol. The highest BCUT2D eigenvalue weighted by molar-refractivity contribution is 5.91. The molecule has 0 aliphatic rings. The molecule has 0 radical (unpaired) electrons. The quantitative estimate of drug-likeness (QED) is 0.618. The molecule has 138 valence electrons. The first-order chi connectivity index (χ1) is 13.1. The first-order valence-corrected chi connectivity index (χ1v) is 9.15. The summed E-state index contributed by atoms with van der Waals surface area (Å²) in [4.78, 5) is 16.5. The number of carboxylic acid groups (broad SMARTS) is 1. The SMILES string of the molecule is CCCc1nc(CCc2ccccc2)c(C(=O)O)cc1-c1ccccc1F. The fourth-order valence-corrected chi connectivity index (χ4v) is 3.22. The summed E-state index contributed by atoms with van der Waals surface area (Å²) in [7, 11) is 0. The monoisotopic (exact) mass is 363 g/mol. The first kappa shape index (κ1) is 18.8. The number of nitrogens with zero attached hydrogens (tertiary/aromatic N) is 1. The molecule has 0 fully saturated rings. The van der Waals surface area contributed by atoms with Crippen LogP contribution >= 0.6 is 0 Å². The third-order valence-electron chi connectivity index (χ3n) is 4.55. The van der Waals surface area contributed by atoms with Gasteiger partial charge in [0.05, 0.1) is 11.3 Å². The van der Waals surface area contributed by atoms with Gasteiger partial charge in [0.1, 0.15) is 5.82 Å². The summed E-state index contributed by atoms with van der Waals surface area (Å²) < 4.78 is 14.3. The molecule has 1 aromatic heterocycles. The Hall–Kier alpha value is -3.01. The Kier molecular flexibility index (Phi) is 5.97. The lowest BCUT2D eigenvalue weighted by molar-refractivity contribution is 0.0695. The molecule has 2 aromatic carbocycles. The molecule has 0 atom stereocenters. The molecule has 3 rings (SSSR count). The van der Waals surface area contributed by atoms with Crippen molar-refractivity contribution in [3.63, 3.8) is 0 Å². The first-order valence-electron chi connectivity index (χ1n) is 9.15. The molecule has 0 aliphatic carbocycles. The molecule has 27 heavy (non-hydrogen) atoms. The van der Waals surface area contributed by atoms with Crippen molar-refractivity contribution in [2.75, 3.05) is 0 Å². The number of pyridine rings is 1. The van der Waals surface area contributed by atoms with Crippen molar-refractivity contribution in [2.24, 2.45) is 0 Å². The molecule has 0 unspecified atom stereocenters. The topological polar surface area (TPSA) is 50.2 Å². The van der Waals surface area contributed by atoms with Gasteiger partial charge in [-0.15, -0.1) is 0 Å². The van der Waals surface area contributed by atoms with Gasteiger partial charge in [0.15, 0.2) is 0 Å². The van der Waals surface area contributed by atoms with Gasteiger partial charge in [-0.1, -0.05) is 61.9 Å².